The van der Waals surface area contributed by atoms with Crippen LogP contribution in [0.25, 0.3) is 0 Å². The molecule has 0 fully saturated rings. The summed E-state index contributed by atoms with van der Waals surface area (Å²) >= 11 is 0. The molecule has 0 unspecified atom stereocenters. The van der Waals surface area contributed by atoms with Gasteiger partial charge in [-0.3, -0.25) is 0 Å². The zero-order chi connectivity index (χ0) is 12.6. The van der Waals surface area contributed by atoms with Gasteiger partial charge in [0.25, 0.3) is 0 Å². The highest BCUT2D eigenvalue weighted by Crippen LogP contribution is 2.40. The van der Waals surface area contributed by atoms with Gasteiger partial charge in [-0.1, -0.05) is 0 Å². The molecule has 0 atom stereocenters. The van der Waals surface area contributed by atoms with Gasteiger partial charge in [0.1, 0.15) is 17.4 Å². The number of anilines is 2. The predicted molar refractivity (Wildman–Crippen MR) is 68.7 cm³/mol. The number of benzene rings is 1. The number of phenols is 1. The molecule has 2 rings (SSSR count). The lowest BCUT2D eigenvalue weighted by Gasteiger charge is -2.30. The summed E-state index contributed by atoms with van der Waals surface area (Å²) in [5.41, 5.74) is 3.10. The lowest BCUT2D eigenvalue weighted by Crippen LogP contribution is -2.25. The zero-order valence-electron chi connectivity index (χ0n) is 10.5. The second kappa shape index (κ2) is 4.17. The van der Waals surface area contributed by atoms with E-state index in [1.165, 1.54) is 0 Å². The Labute approximate surface area is 102 Å². The van der Waals surface area contributed by atoms with Crippen LogP contribution in [0.5, 0.6) is 5.75 Å². The molecule has 0 bridgehead atoms. The molecule has 0 saturated carbocycles. The van der Waals surface area contributed by atoms with Gasteiger partial charge in [0, 0.05) is 38.9 Å². The van der Waals surface area contributed by atoms with Crippen LogP contribution in [-0.4, -0.2) is 32.8 Å². The van der Waals surface area contributed by atoms with E-state index in [0.29, 0.717) is 5.56 Å². The number of hydrogen-bond donors (Lipinski definition) is 1. The molecule has 17 heavy (non-hydrogen) atoms. The van der Waals surface area contributed by atoms with Gasteiger partial charge in [0.2, 0.25) is 0 Å². The van der Waals surface area contributed by atoms with Gasteiger partial charge < -0.3 is 14.9 Å². The van der Waals surface area contributed by atoms with E-state index in [2.05, 4.69) is 11.0 Å². The minimum atomic E-state index is 0.153. The fourth-order valence-corrected chi connectivity index (χ4v) is 2.35. The molecule has 1 heterocycles. The monoisotopic (exact) mass is 231 g/mol. The first-order valence-electron chi connectivity index (χ1n) is 5.73. The van der Waals surface area contributed by atoms with Crippen molar-refractivity contribution in [2.24, 2.45) is 0 Å². The van der Waals surface area contributed by atoms with Crippen molar-refractivity contribution in [2.75, 3.05) is 37.5 Å². The maximum absolute atomic E-state index is 10.2. The molecule has 1 aliphatic heterocycles. The van der Waals surface area contributed by atoms with Crippen LogP contribution in [0.15, 0.2) is 6.07 Å². The minimum Gasteiger partial charge on any atom is -0.506 e. The third-order valence-electron chi connectivity index (χ3n) is 3.29. The smallest absolute Gasteiger partial charge is 0.140 e. The maximum Gasteiger partial charge on any atom is 0.140 e. The average Bonchev–Trinajstić information content (AvgIpc) is 2.30. The predicted octanol–water partition coefficient (Wildman–Crippen LogP) is 1.71. The van der Waals surface area contributed by atoms with Crippen LogP contribution in [-0.2, 0) is 6.42 Å². The van der Waals surface area contributed by atoms with Crippen LogP contribution >= 0.6 is 0 Å². The number of nitriles is 1. The fourth-order valence-electron chi connectivity index (χ4n) is 2.35. The summed E-state index contributed by atoms with van der Waals surface area (Å²) in [5.74, 6) is 0.153. The fraction of sp³-hybridized carbons (Fsp3) is 0.462. The highest BCUT2D eigenvalue weighted by Gasteiger charge is 2.23. The van der Waals surface area contributed by atoms with Gasteiger partial charge in [-0.05, 0) is 18.9 Å². The Kier molecular flexibility index (Phi) is 2.84. The lowest BCUT2D eigenvalue weighted by molar-refractivity contribution is 0.463. The molecule has 4 heteroatoms. The van der Waals surface area contributed by atoms with E-state index in [9.17, 15) is 5.11 Å². The average molecular weight is 231 g/mol. The van der Waals surface area contributed by atoms with Crippen LogP contribution < -0.4 is 9.80 Å². The lowest BCUT2D eigenvalue weighted by atomic mass is 9.96. The van der Waals surface area contributed by atoms with Crippen molar-refractivity contribution in [3.8, 4) is 11.8 Å². The maximum atomic E-state index is 10.2. The first-order valence-corrected chi connectivity index (χ1v) is 5.73. The number of hydrogen-bond acceptors (Lipinski definition) is 4. The van der Waals surface area contributed by atoms with Gasteiger partial charge >= 0.3 is 0 Å². The molecule has 0 spiro atoms. The summed E-state index contributed by atoms with van der Waals surface area (Å²) in [4.78, 5) is 3.99. The van der Waals surface area contributed by atoms with E-state index in [4.69, 9.17) is 5.26 Å². The van der Waals surface area contributed by atoms with Gasteiger partial charge in [0.05, 0.1) is 5.69 Å². The quantitative estimate of drug-likeness (QED) is 0.799. The third-order valence-corrected chi connectivity index (χ3v) is 3.29. The van der Waals surface area contributed by atoms with Crippen molar-refractivity contribution in [3.05, 3.63) is 17.2 Å². The first kappa shape index (κ1) is 11.6. The molecule has 1 aromatic rings. The Bertz CT molecular complexity index is 488. The Balaban J connectivity index is 2.69. The summed E-state index contributed by atoms with van der Waals surface area (Å²) in [6, 6.07) is 4.09. The topological polar surface area (TPSA) is 50.5 Å². The van der Waals surface area contributed by atoms with Gasteiger partial charge in [-0.15, -0.1) is 0 Å². The highest BCUT2D eigenvalue weighted by atomic mass is 16.3. The number of aromatic hydroxyl groups is 1. The summed E-state index contributed by atoms with van der Waals surface area (Å²) in [7, 11) is 5.78. The molecule has 0 radical (unpaired) electrons. The summed E-state index contributed by atoms with van der Waals surface area (Å²) in [5, 5.41) is 19.4. The SMILES string of the molecule is CN(C)c1cc2c(c(O)c1C#N)CCCN2C. The highest BCUT2D eigenvalue weighted by molar-refractivity contribution is 5.76. The van der Waals surface area contributed by atoms with Crippen molar-refractivity contribution in [1.29, 1.82) is 5.26 Å². The molecular weight excluding hydrogens is 214 g/mol. The van der Waals surface area contributed by atoms with Crippen LogP contribution in [0.2, 0.25) is 0 Å². The summed E-state index contributed by atoms with van der Waals surface area (Å²) in [6.07, 6.45) is 1.86. The second-order valence-electron chi connectivity index (χ2n) is 4.65. The Morgan fingerprint density at radius 2 is 2.18 bits per heavy atom. The third kappa shape index (κ3) is 1.78. The molecule has 1 aromatic carbocycles. The van der Waals surface area contributed by atoms with E-state index < -0.39 is 0 Å². The van der Waals surface area contributed by atoms with Crippen molar-refractivity contribution in [2.45, 2.75) is 12.8 Å². The van der Waals surface area contributed by atoms with E-state index in [0.717, 1.165) is 36.3 Å². The number of rotatable bonds is 1. The summed E-state index contributed by atoms with van der Waals surface area (Å²) in [6.45, 7) is 0.991. The minimum absolute atomic E-state index is 0.153. The normalized spacial score (nSPS) is 14.1. The zero-order valence-corrected chi connectivity index (χ0v) is 10.5. The van der Waals surface area contributed by atoms with Crippen molar-refractivity contribution in [1.82, 2.24) is 0 Å². The molecule has 4 nitrogen and oxygen atoms in total. The molecular formula is C13H17N3O. The number of nitrogens with zero attached hydrogens (tertiary/aromatic N) is 3. The van der Waals surface area contributed by atoms with Crippen molar-refractivity contribution >= 4 is 11.4 Å². The molecule has 0 saturated heterocycles. The second-order valence-corrected chi connectivity index (χ2v) is 4.65. The largest absolute Gasteiger partial charge is 0.506 e. The van der Waals surface area contributed by atoms with Gasteiger partial charge in [-0.2, -0.15) is 5.26 Å². The van der Waals surface area contributed by atoms with Crippen molar-refractivity contribution in [3.63, 3.8) is 0 Å². The first-order chi connectivity index (χ1) is 8.06. The van der Waals surface area contributed by atoms with E-state index in [-0.39, 0.29) is 5.75 Å². The Morgan fingerprint density at radius 1 is 1.47 bits per heavy atom. The Morgan fingerprint density at radius 3 is 2.76 bits per heavy atom. The standard InChI is InChI=1S/C13H17N3O/c1-15(2)11-7-12-9(5-4-6-16(12)3)13(17)10(11)8-14/h7,17H,4-6H2,1-3H3. The van der Waals surface area contributed by atoms with Gasteiger partial charge in [-0.25, -0.2) is 0 Å². The molecule has 0 aromatic heterocycles. The van der Waals surface area contributed by atoms with Crippen LogP contribution in [0.1, 0.15) is 17.5 Å². The van der Waals surface area contributed by atoms with Crippen LogP contribution in [0.4, 0.5) is 11.4 Å². The van der Waals surface area contributed by atoms with Crippen molar-refractivity contribution < 1.29 is 5.11 Å². The van der Waals surface area contributed by atoms with Gasteiger partial charge in [0.15, 0.2) is 0 Å². The van der Waals surface area contributed by atoms with E-state index in [1.54, 1.807) is 0 Å². The Hall–Kier alpha value is -1.89. The van der Waals surface area contributed by atoms with E-state index in [1.807, 2.05) is 32.1 Å². The molecule has 1 aliphatic rings. The summed E-state index contributed by atoms with van der Waals surface area (Å²) < 4.78 is 0. The molecule has 0 aliphatic carbocycles. The molecule has 90 valence electrons. The molecule has 1 N–H and O–H groups in total. The number of fused-ring (bicyclic) bond motifs is 1. The molecule has 0 amide bonds. The van der Waals surface area contributed by atoms with Crippen LogP contribution in [0, 0.1) is 11.3 Å². The van der Waals surface area contributed by atoms with E-state index >= 15 is 0 Å². The van der Waals surface area contributed by atoms with Crippen LogP contribution in [0.3, 0.4) is 0 Å². The number of phenolic OH excluding ortho intramolecular Hbond substituents is 1.